The summed E-state index contributed by atoms with van der Waals surface area (Å²) in [5.41, 5.74) is 0. The predicted molar refractivity (Wildman–Crippen MR) is 84.1 cm³/mol. The second-order valence-electron chi connectivity index (χ2n) is 4.23. The fourth-order valence-electron chi connectivity index (χ4n) is 1.52. The molecule has 1 amide bonds. The Bertz CT molecular complexity index is 586. The Balaban J connectivity index is 1.59. The molecule has 0 bridgehead atoms. The smallest absolute Gasteiger partial charge is 0.235 e. The first-order chi connectivity index (χ1) is 10.1. The molecule has 2 aromatic rings. The monoisotopic (exact) mass is 326 g/mol. The fraction of sp³-hybridized carbons (Fsp3) is 0.286. The summed E-state index contributed by atoms with van der Waals surface area (Å²) >= 11 is 7.27. The molecule has 1 aromatic carbocycles. The largest absolute Gasteiger partial charge is 0.493 e. The van der Waals surface area contributed by atoms with Crippen LogP contribution in [0.5, 0.6) is 5.75 Å². The lowest BCUT2D eigenvalue weighted by Crippen LogP contribution is -2.15. The minimum absolute atomic E-state index is 0.111. The summed E-state index contributed by atoms with van der Waals surface area (Å²) in [7, 11) is 0. The SMILES string of the molecule is Cc1cc(NC(=O)CSCCOc2ccc(Cl)cc2)no1. The molecule has 0 atom stereocenters. The van der Waals surface area contributed by atoms with Gasteiger partial charge in [0.25, 0.3) is 0 Å². The predicted octanol–water partition coefficient (Wildman–Crippen LogP) is 3.39. The lowest BCUT2D eigenvalue weighted by molar-refractivity contribution is -0.113. The van der Waals surface area contributed by atoms with Gasteiger partial charge in [-0.1, -0.05) is 16.8 Å². The van der Waals surface area contributed by atoms with Crippen LogP contribution in [0.4, 0.5) is 5.82 Å². The zero-order chi connectivity index (χ0) is 15.1. The van der Waals surface area contributed by atoms with Crippen molar-refractivity contribution in [3.05, 3.63) is 41.1 Å². The van der Waals surface area contributed by atoms with E-state index in [4.69, 9.17) is 20.9 Å². The zero-order valence-electron chi connectivity index (χ0n) is 11.5. The molecule has 112 valence electrons. The number of carbonyl (C=O) groups excluding carboxylic acids is 1. The first-order valence-electron chi connectivity index (χ1n) is 6.33. The maximum absolute atomic E-state index is 11.6. The molecule has 21 heavy (non-hydrogen) atoms. The van der Waals surface area contributed by atoms with Crippen molar-refractivity contribution >= 4 is 35.1 Å². The summed E-state index contributed by atoms with van der Waals surface area (Å²) in [6.07, 6.45) is 0. The summed E-state index contributed by atoms with van der Waals surface area (Å²) < 4.78 is 10.4. The van der Waals surface area contributed by atoms with Gasteiger partial charge in [-0.15, -0.1) is 11.8 Å². The number of aromatic nitrogens is 1. The van der Waals surface area contributed by atoms with Crippen molar-refractivity contribution in [2.24, 2.45) is 0 Å². The molecule has 7 heteroatoms. The first kappa shape index (κ1) is 15.7. The summed E-state index contributed by atoms with van der Waals surface area (Å²) in [4.78, 5) is 11.6. The standard InChI is InChI=1S/C14H15ClN2O3S/c1-10-8-13(17-20-10)16-14(18)9-21-7-6-19-12-4-2-11(15)3-5-12/h2-5,8H,6-7,9H2,1H3,(H,16,17,18). The normalized spacial score (nSPS) is 10.4. The van der Waals surface area contributed by atoms with E-state index in [1.165, 1.54) is 11.8 Å². The van der Waals surface area contributed by atoms with Crippen molar-refractivity contribution in [1.82, 2.24) is 5.16 Å². The molecule has 1 N–H and O–H groups in total. The molecule has 1 heterocycles. The van der Waals surface area contributed by atoms with Crippen LogP contribution in [-0.2, 0) is 4.79 Å². The Kier molecular flexibility index (Phi) is 5.95. The van der Waals surface area contributed by atoms with Gasteiger partial charge >= 0.3 is 0 Å². The van der Waals surface area contributed by atoms with Gasteiger partial charge in [-0.2, -0.15) is 0 Å². The molecular formula is C14H15ClN2O3S. The highest BCUT2D eigenvalue weighted by molar-refractivity contribution is 7.99. The van der Waals surface area contributed by atoms with Crippen LogP contribution in [0.25, 0.3) is 0 Å². The van der Waals surface area contributed by atoms with Crippen molar-refractivity contribution in [3.63, 3.8) is 0 Å². The van der Waals surface area contributed by atoms with Gasteiger partial charge in [0.05, 0.1) is 12.4 Å². The number of anilines is 1. The second kappa shape index (κ2) is 7.95. The van der Waals surface area contributed by atoms with Crippen LogP contribution in [0.2, 0.25) is 5.02 Å². The number of halogens is 1. The van der Waals surface area contributed by atoms with Crippen molar-refractivity contribution < 1.29 is 14.1 Å². The third-order valence-corrected chi connectivity index (χ3v) is 3.61. The molecule has 0 aliphatic carbocycles. The van der Waals surface area contributed by atoms with Gasteiger partial charge in [0.2, 0.25) is 5.91 Å². The lowest BCUT2D eigenvalue weighted by atomic mass is 10.3. The minimum atomic E-state index is -0.111. The van der Waals surface area contributed by atoms with Crippen molar-refractivity contribution in [3.8, 4) is 5.75 Å². The topological polar surface area (TPSA) is 64.4 Å². The van der Waals surface area contributed by atoms with Crippen LogP contribution in [0.15, 0.2) is 34.9 Å². The van der Waals surface area contributed by atoms with E-state index in [1.807, 2.05) is 12.1 Å². The number of hydrogen-bond donors (Lipinski definition) is 1. The number of carbonyl (C=O) groups is 1. The van der Waals surface area contributed by atoms with E-state index in [9.17, 15) is 4.79 Å². The van der Waals surface area contributed by atoms with E-state index in [0.29, 0.717) is 34.7 Å². The number of nitrogens with zero attached hydrogens (tertiary/aromatic N) is 1. The number of benzene rings is 1. The van der Waals surface area contributed by atoms with Crippen LogP contribution in [0.1, 0.15) is 5.76 Å². The van der Waals surface area contributed by atoms with Crippen LogP contribution in [0, 0.1) is 6.92 Å². The highest BCUT2D eigenvalue weighted by atomic mass is 35.5. The third kappa shape index (κ3) is 5.69. The quantitative estimate of drug-likeness (QED) is 0.790. The molecular weight excluding hydrogens is 312 g/mol. The molecule has 0 aliphatic rings. The molecule has 0 fully saturated rings. The molecule has 1 aromatic heterocycles. The Hall–Kier alpha value is -1.66. The third-order valence-electron chi connectivity index (χ3n) is 2.44. The highest BCUT2D eigenvalue weighted by Crippen LogP contribution is 2.16. The maximum Gasteiger partial charge on any atom is 0.235 e. The first-order valence-corrected chi connectivity index (χ1v) is 7.86. The van der Waals surface area contributed by atoms with Gasteiger partial charge in [0.1, 0.15) is 11.5 Å². The molecule has 0 unspecified atom stereocenters. The lowest BCUT2D eigenvalue weighted by Gasteiger charge is -2.06. The van der Waals surface area contributed by atoms with Gasteiger partial charge in [-0.3, -0.25) is 4.79 Å². The number of amides is 1. The minimum Gasteiger partial charge on any atom is -0.493 e. The summed E-state index contributed by atoms with van der Waals surface area (Å²) in [5.74, 6) is 2.82. The van der Waals surface area contributed by atoms with E-state index in [1.54, 1.807) is 25.1 Å². The Labute approximate surface area is 132 Å². The number of hydrogen-bond acceptors (Lipinski definition) is 5. The van der Waals surface area contributed by atoms with Crippen molar-refractivity contribution in [2.45, 2.75) is 6.92 Å². The van der Waals surface area contributed by atoms with Gasteiger partial charge in [0, 0.05) is 16.8 Å². The van der Waals surface area contributed by atoms with Crippen LogP contribution >= 0.6 is 23.4 Å². The molecule has 0 aliphatic heterocycles. The molecule has 0 spiro atoms. The summed E-state index contributed by atoms with van der Waals surface area (Å²) in [5, 5.41) is 7.03. The molecule has 0 saturated carbocycles. The molecule has 2 rings (SSSR count). The van der Waals surface area contributed by atoms with E-state index in [0.717, 1.165) is 5.75 Å². The van der Waals surface area contributed by atoms with Gasteiger partial charge in [-0.05, 0) is 31.2 Å². The van der Waals surface area contributed by atoms with E-state index in [-0.39, 0.29) is 5.91 Å². The fourth-order valence-corrected chi connectivity index (χ4v) is 2.25. The maximum atomic E-state index is 11.6. The number of aryl methyl sites for hydroxylation is 1. The van der Waals surface area contributed by atoms with Gasteiger partial charge in [0.15, 0.2) is 5.82 Å². The number of thioether (sulfide) groups is 1. The Morgan fingerprint density at radius 3 is 2.86 bits per heavy atom. The van der Waals surface area contributed by atoms with Crippen molar-refractivity contribution in [1.29, 1.82) is 0 Å². The summed E-state index contributed by atoms with van der Waals surface area (Å²) in [6.45, 7) is 2.30. The van der Waals surface area contributed by atoms with E-state index >= 15 is 0 Å². The Morgan fingerprint density at radius 2 is 2.19 bits per heavy atom. The number of rotatable bonds is 7. The van der Waals surface area contributed by atoms with Crippen molar-refractivity contribution in [2.75, 3.05) is 23.4 Å². The highest BCUT2D eigenvalue weighted by Gasteiger charge is 2.06. The zero-order valence-corrected chi connectivity index (χ0v) is 13.0. The summed E-state index contributed by atoms with van der Waals surface area (Å²) in [6, 6.07) is 8.85. The van der Waals surface area contributed by atoms with E-state index in [2.05, 4.69) is 10.5 Å². The number of ether oxygens (including phenoxy) is 1. The van der Waals surface area contributed by atoms with Crippen LogP contribution in [0.3, 0.4) is 0 Å². The second-order valence-corrected chi connectivity index (χ2v) is 5.77. The average Bonchev–Trinajstić information content (AvgIpc) is 2.86. The van der Waals surface area contributed by atoms with E-state index < -0.39 is 0 Å². The Morgan fingerprint density at radius 1 is 1.43 bits per heavy atom. The molecule has 0 saturated heterocycles. The number of nitrogens with one attached hydrogen (secondary N) is 1. The van der Waals surface area contributed by atoms with Gasteiger partial charge in [-0.25, -0.2) is 0 Å². The van der Waals surface area contributed by atoms with Crippen LogP contribution in [-0.4, -0.2) is 29.2 Å². The molecule has 0 radical (unpaired) electrons. The van der Waals surface area contributed by atoms with Gasteiger partial charge < -0.3 is 14.6 Å². The average molecular weight is 327 g/mol. The van der Waals surface area contributed by atoms with Crippen LogP contribution < -0.4 is 10.1 Å². The molecule has 5 nitrogen and oxygen atoms in total.